The molecule has 0 atom stereocenters. The average molecular weight is 275 g/mol. The van der Waals surface area contributed by atoms with Gasteiger partial charge in [0.1, 0.15) is 6.33 Å². The van der Waals surface area contributed by atoms with Crippen molar-refractivity contribution >= 4 is 23.4 Å². The summed E-state index contributed by atoms with van der Waals surface area (Å²) < 4.78 is 2.04. The number of rotatable bonds is 5. The van der Waals surface area contributed by atoms with E-state index in [1.807, 2.05) is 10.6 Å². The van der Waals surface area contributed by atoms with E-state index in [0.29, 0.717) is 17.5 Å². The van der Waals surface area contributed by atoms with Crippen molar-refractivity contribution in [3.05, 3.63) is 30.9 Å². The number of carbonyl (C=O) groups is 1. The number of amides is 1. The van der Waals surface area contributed by atoms with Gasteiger partial charge in [-0.15, -0.1) is 10.2 Å². The van der Waals surface area contributed by atoms with Gasteiger partial charge in [-0.05, 0) is 25.0 Å². The summed E-state index contributed by atoms with van der Waals surface area (Å²) in [6.45, 7) is 0. The average Bonchev–Trinajstić information content (AvgIpc) is 3.16. The molecule has 7 heteroatoms. The minimum absolute atomic E-state index is 0.0663. The van der Waals surface area contributed by atoms with Crippen LogP contribution < -0.4 is 5.32 Å². The molecule has 19 heavy (non-hydrogen) atoms. The lowest BCUT2D eigenvalue weighted by molar-refractivity contribution is -0.113. The Morgan fingerprint density at radius 3 is 3.16 bits per heavy atom. The van der Waals surface area contributed by atoms with E-state index in [4.69, 9.17) is 0 Å². The summed E-state index contributed by atoms with van der Waals surface area (Å²) in [5, 5.41) is 11.5. The van der Waals surface area contributed by atoms with Crippen LogP contribution in [0.5, 0.6) is 0 Å². The van der Waals surface area contributed by atoms with Crippen LogP contribution in [0.25, 0.3) is 0 Å². The first-order valence-electron chi connectivity index (χ1n) is 6.05. The molecule has 1 N–H and O–H groups in total. The number of aromatic nitrogens is 4. The number of hydrogen-bond donors (Lipinski definition) is 1. The van der Waals surface area contributed by atoms with Gasteiger partial charge in [-0.1, -0.05) is 11.8 Å². The Morgan fingerprint density at radius 2 is 2.42 bits per heavy atom. The maximum absolute atomic E-state index is 11.8. The molecule has 2 heterocycles. The number of hydrogen-bond acceptors (Lipinski definition) is 5. The molecule has 1 amide bonds. The van der Waals surface area contributed by atoms with Crippen LogP contribution in [-0.2, 0) is 4.79 Å². The highest BCUT2D eigenvalue weighted by Gasteiger charge is 2.26. The first kappa shape index (κ1) is 12.2. The quantitative estimate of drug-likeness (QED) is 0.841. The predicted molar refractivity (Wildman–Crippen MR) is 71.9 cm³/mol. The van der Waals surface area contributed by atoms with E-state index in [2.05, 4.69) is 20.5 Å². The molecule has 3 rings (SSSR count). The van der Waals surface area contributed by atoms with Gasteiger partial charge in [-0.3, -0.25) is 9.78 Å². The van der Waals surface area contributed by atoms with Crippen LogP contribution in [-0.4, -0.2) is 31.4 Å². The molecule has 1 saturated carbocycles. The number of nitrogens with zero attached hydrogens (tertiary/aromatic N) is 4. The molecule has 0 saturated heterocycles. The van der Waals surface area contributed by atoms with Gasteiger partial charge in [0.15, 0.2) is 5.16 Å². The van der Waals surface area contributed by atoms with Crippen LogP contribution in [0.2, 0.25) is 0 Å². The van der Waals surface area contributed by atoms with E-state index < -0.39 is 0 Å². The molecule has 0 aliphatic heterocycles. The standard InChI is InChI=1S/C12H13N5OS/c18-11(15-9-2-1-5-13-6-9)7-19-12-16-14-8-17(12)10-3-4-10/h1-2,5-6,8,10H,3-4,7H2,(H,15,18). The van der Waals surface area contributed by atoms with Gasteiger partial charge in [0.25, 0.3) is 0 Å². The molecule has 0 unspecified atom stereocenters. The highest BCUT2D eigenvalue weighted by Crippen LogP contribution is 2.37. The van der Waals surface area contributed by atoms with Crippen LogP contribution in [0.1, 0.15) is 18.9 Å². The lowest BCUT2D eigenvalue weighted by Gasteiger charge is -2.05. The fraction of sp³-hybridized carbons (Fsp3) is 0.333. The molecular formula is C12H13N5OS. The third-order valence-corrected chi connectivity index (χ3v) is 3.72. The van der Waals surface area contributed by atoms with E-state index in [-0.39, 0.29) is 5.91 Å². The third kappa shape index (κ3) is 3.11. The fourth-order valence-electron chi connectivity index (χ4n) is 1.70. The second kappa shape index (κ2) is 5.40. The summed E-state index contributed by atoms with van der Waals surface area (Å²) >= 11 is 1.41. The summed E-state index contributed by atoms with van der Waals surface area (Å²) in [7, 11) is 0. The van der Waals surface area contributed by atoms with Crippen LogP contribution >= 0.6 is 11.8 Å². The number of carbonyl (C=O) groups excluding carboxylic acids is 1. The third-order valence-electron chi connectivity index (χ3n) is 2.76. The largest absolute Gasteiger partial charge is 0.324 e. The molecule has 1 aliphatic carbocycles. The summed E-state index contributed by atoms with van der Waals surface area (Å²) in [6, 6.07) is 4.12. The van der Waals surface area contributed by atoms with Crippen molar-refractivity contribution in [1.82, 2.24) is 19.7 Å². The minimum atomic E-state index is -0.0663. The van der Waals surface area contributed by atoms with Gasteiger partial charge in [-0.2, -0.15) is 0 Å². The number of pyridine rings is 1. The topological polar surface area (TPSA) is 72.7 Å². The van der Waals surface area contributed by atoms with Gasteiger partial charge >= 0.3 is 0 Å². The Labute approximate surface area is 114 Å². The fourth-order valence-corrected chi connectivity index (χ4v) is 2.48. The smallest absolute Gasteiger partial charge is 0.234 e. The van der Waals surface area contributed by atoms with E-state index in [1.54, 1.807) is 24.8 Å². The minimum Gasteiger partial charge on any atom is -0.324 e. The summed E-state index contributed by atoms with van der Waals surface area (Å²) in [5.41, 5.74) is 0.705. The molecule has 0 radical (unpaired) electrons. The first-order chi connectivity index (χ1) is 9.33. The van der Waals surface area contributed by atoms with Crippen LogP contribution in [0.15, 0.2) is 36.0 Å². The normalized spacial score (nSPS) is 14.3. The predicted octanol–water partition coefficient (Wildman–Crippen LogP) is 1.74. The monoisotopic (exact) mass is 275 g/mol. The van der Waals surface area contributed by atoms with Crippen LogP contribution in [0.4, 0.5) is 5.69 Å². The molecule has 0 aromatic carbocycles. The molecule has 0 spiro atoms. The van der Waals surface area contributed by atoms with E-state index in [9.17, 15) is 4.79 Å². The highest BCUT2D eigenvalue weighted by molar-refractivity contribution is 7.99. The molecular weight excluding hydrogens is 262 g/mol. The Kier molecular flexibility index (Phi) is 3.45. The summed E-state index contributed by atoms with van der Waals surface area (Å²) in [6.07, 6.45) is 7.37. The lowest BCUT2D eigenvalue weighted by atomic mass is 10.4. The molecule has 1 fully saturated rings. The Hall–Kier alpha value is -1.89. The van der Waals surface area contributed by atoms with E-state index in [0.717, 1.165) is 5.16 Å². The summed E-state index contributed by atoms with van der Waals surface area (Å²) in [5.74, 6) is 0.253. The van der Waals surface area contributed by atoms with Gasteiger partial charge in [0, 0.05) is 12.2 Å². The highest BCUT2D eigenvalue weighted by atomic mass is 32.2. The number of anilines is 1. The van der Waals surface area contributed by atoms with Gasteiger partial charge < -0.3 is 9.88 Å². The van der Waals surface area contributed by atoms with Crippen LogP contribution in [0.3, 0.4) is 0 Å². The zero-order valence-electron chi connectivity index (χ0n) is 10.2. The Morgan fingerprint density at radius 1 is 1.53 bits per heavy atom. The first-order valence-corrected chi connectivity index (χ1v) is 7.03. The van der Waals surface area contributed by atoms with Crippen molar-refractivity contribution in [1.29, 1.82) is 0 Å². The van der Waals surface area contributed by atoms with Crippen molar-refractivity contribution < 1.29 is 4.79 Å². The van der Waals surface area contributed by atoms with Gasteiger partial charge in [0.2, 0.25) is 5.91 Å². The van der Waals surface area contributed by atoms with Gasteiger partial charge in [-0.25, -0.2) is 0 Å². The van der Waals surface area contributed by atoms with Crippen molar-refractivity contribution in [2.24, 2.45) is 0 Å². The Bertz CT molecular complexity index is 567. The summed E-state index contributed by atoms with van der Waals surface area (Å²) in [4.78, 5) is 15.7. The van der Waals surface area contributed by atoms with Crippen molar-refractivity contribution in [3.63, 3.8) is 0 Å². The molecule has 2 aromatic rings. The lowest BCUT2D eigenvalue weighted by Crippen LogP contribution is -2.14. The van der Waals surface area contributed by atoms with Crippen molar-refractivity contribution in [2.75, 3.05) is 11.1 Å². The maximum Gasteiger partial charge on any atom is 0.234 e. The molecule has 98 valence electrons. The van der Waals surface area contributed by atoms with E-state index in [1.165, 1.54) is 24.6 Å². The molecule has 2 aromatic heterocycles. The van der Waals surface area contributed by atoms with Crippen LogP contribution in [0, 0.1) is 0 Å². The zero-order valence-corrected chi connectivity index (χ0v) is 11.0. The second-order valence-electron chi connectivity index (χ2n) is 4.33. The van der Waals surface area contributed by atoms with Crippen molar-refractivity contribution in [2.45, 2.75) is 24.0 Å². The SMILES string of the molecule is O=C(CSc1nncn1C1CC1)Nc1cccnc1. The van der Waals surface area contributed by atoms with E-state index >= 15 is 0 Å². The number of thioether (sulfide) groups is 1. The Balaban J connectivity index is 1.54. The number of nitrogens with one attached hydrogen (secondary N) is 1. The maximum atomic E-state index is 11.8. The molecule has 6 nitrogen and oxygen atoms in total. The molecule has 1 aliphatic rings. The molecule has 0 bridgehead atoms. The second-order valence-corrected chi connectivity index (χ2v) is 5.27. The zero-order chi connectivity index (χ0) is 13.1. The van der Waals surface area contributed by atoms with Gasteiger partial charge in [0.05, 0.1) is 17.6 Å². The van der Waals surface area contributed by atoms with Crippen molar-refractivity contribution in [3.8, 4) is 0 Å².